The van der Waals surface area contributed by atoms with Crippen molar-refractivity contribution in [2.45, 2.75) is 32.9 Å². The van der Waals surface area contributed by atoms with Crippen LogP contribution in [0, 0.1) is 16.0 Å². The minimum atomic E-state index is -0.444. The molecule has 0 aliphatic carbocycles. The minimum absolute atomic E-state index is 0.0616. The Kier molecular flexibility index (Phi) is 7.80. The second-order valence-corrected chi connectivity index (χ2v) is 9.71. The molecule has 0 unspecified atom stereocenters. The maximum absolute atomic E-state index is 13.2. The number of carbonyl (C=O) groups excluding carboxylic acids is 1. The largest absolute Gasteiger partial charge is 0.371 e. The Bertz CT molecular complexity index is 1010. The van der Waals surface area contributed by atoms with Crippen molar-refractivity contribution >= 4 is 17.3 Å². The number of benzene rings is 2. The van der Waals surface area contributed by atoms with Gasteiger partial charge in [-0.25, -0.2) is 0 Å². The maximum atomic E-state index is 13.2. The van der Waals surface area contributed by atoms with E-state index in [1.807, 2.05) is 12.1 Å². The van der Waals surface area contributed by atoms with E-state index < -0.39 is 4.92 Å². The summed E-state index contributed by atoms with van der Waals surface area (Å²) in [4.78, 5) is 31.1. The van der Waals surface area contributed by atoms with E-state index in [0.29, 0.717) is 18.0 Å². The molecular weight excluding hydrogens is 430 g/mol. The first-order valence-corrected chi connectivity index (χ1v) is 12.2. The molecule has 0 atom stereocenters. The molecule has 0 saturated carbocycles. The molecule has 4 rings (SSSR count). The predicted octanol–water partition coefficient (Wildman–Crippen LogP) is 3.51. The van der Waals surface area contributed by atoms with Crippen LogP contribution in [0.3, 0.4) is 0 Å². The highest BCUT2D eigenvalue weighted by Crippen LogP contribution is 2.29. The fourth-order valence-electron chi connectivity index (χ4n) is 4.72. The molecule has 2 aliphatic rings. The molecule has 182 valence electrons. The average Bonchev–Trinajstić information content (AvgIpc) is 2.84. The van der Waals surface area contributed by atoms with Gasteiger partial charge in [0, 0.05) is 64.5 Å². The van der Waals surface area contributed by atoms with Gasteiger partial charge in [0.2, 0.25) is 0 Å². The molecule has 2 fully saturated rings. The second-order valence-electron chi connectivity index (χ2n) is 9.71. The number of rotatable bonds is 7. The molecule has 8 heteroatoms. The molecular formula is C26H35N5O3. The van der Waals surface area contributed by atoms with Crippen LogP contribution >= 0.6 is 0 Å². The lowest BCUT2D eigenvalue weighted by molar-refractivity contribution is -0.384. The van der Waals surface area contributed by atoms with Crippen LogP contribution < -0.4 is 10.2 Å². The van der Waals surface area contributed by atoms with Crippen LogP contribution in [0.5, 0.6) is 0 Å². The van der Waals surface area contributed by atoms with E-state index in [2.05, 4.69) is 46.1 Å². The molecule has 34 heavy (non-hydrogen) atoms. The van der Waals surface area contributed by atoms with Crippen LogP contribution in [0.2, 0.25) is 0 Å². The molecule has 2 aromatic carbocycles. The molecule has 2 aromatic rings. The van der Waals surface area contributed by atoms with E-state index in [1.165, 1.54) is 17.7 Å². The van der Waals surface area contributed by atoms with Crippen molar-refractivity contribution in [3.8, 4) is 0 Å². The number of nitro groups is 1. The van der Waals surface area contributed by atoms with Gasteiger partial charge in [0.25, 0.3) is 11.6 Å². The minimum Gasteiger partial charge on any atom is -0.371 e. The summed E-state index contributed by atoms with van der Waals surface area (Å²) < 4.78 is 0. The van der Waals surface area contributed by atoms with Crippen molar-refractivity contribution in [2.75, 3.05) is 51.2 Å². The molecule has 0 aromatic heterocycles. The molecule has 2 heterocycles. The van der Waals surface area contributed by atoms with E-state index in [1.54, 1.807) is 6.07 Å². The van der Waals surface area contributed by atoms with Crippen LogP contribution in [0.1, 0.15) is 41.3 Å². The van der Waals surface area contributed by atoms with Crippen LogP contribution in [0.15, 0.2) is 42.5 Å². The van der Waals surface area contributed by atoms with Crippen molar-refractivity contribution in [3.63, 3.8) is 0 Å². The number of nitrogens with zero attached hydrogens (tertiary/aromatic N) is 4. The lowest BCUT2D eigenvalue weighted by atomic mass is 9.98. The van der Waals surface area contributed by atoms with E-state index in [0.717, 1.165) is 69.9 Å². The first-order chi connectivity index (χ1) is 16.4. The number of amides is 1. The van der Waals surface area contributed by atoms with Crippen molar-refractivity contribution < 1.29 is 9.72 Å². The highest BCUT2D eigenvalue weighted by Gasteiger charge is 2.23. The molecule has 1 N–H and O–H groups in total. The van der Waals surface area contributed by atoms with Crippen LogP contribution in [0.25, 0.3) is 0 Å². The van der Waals surface area contributed by atoms with Crippen LogP contribution in [-0.2, 0) is 13.1 Å². The summed E-state index contributed by atoms with van der Waals surface area (Å²) >= 11 is 0. The normalized spacial score (nSPS) is 18.1. The zero-order valence-corrected chi connectivity index (χ0v) is 20.2. The van der Waals surface area contributed by atoms with Crippen molar-refractivity contribution in [1.82, 2.24) is 15.1 Å². The van der Waals surface area contributed by atoms with Gasteiger partial charge >= 0.3 is 0 Å². The molecule has 8 nitrogen and oxygen atoms in total. The number of likely N-dealkylation sites (N-methyl/N-ethyl adjacent to an activating group) is 1. The first-order valence-electron chi connectivity index (χ1n) is 12.2. The van der Waals surface area contributed by atoms with Crippen molar-refractivity contribution in [2.24, 2.45) is 5.92 Å². The third kappa shape index (κ3) is 6.12. The van der Waals surface area contributed by atoms with Gasteiger partial charge in [-0.15, -0.1) is 0 Å². The Morgan fingerprint density at radius 2 is 1.74 bits per heavy atom. The lowest BCUT2D eigenvalue weighted by Gasteiger charge is -2.33. The van der Waals surface area contributed by atoms with E-state index >= 15 is 0 Å². The SMILES string of the molecule is CC1CCN(c2ccc([N+](=O)[O-])cc2C(=O)NCc2cccc(CN3CCN(C)CC3)c2)CC1. The van der Waals surface area contributed by atoms with Crippen LogP contribution in [0.4, 0.5) is 11.4 Å². The zero-order chi connectivity index (χ0) is 24.1. The molecule has 2 aliphatic heterocycles. The summed E-state index contributed by atoms with van der Waals surface area (Å²) in [6.07, 6.45) is 2.11. The number of non-ortho nitro benzene ring substituents is 1. The molecule has 0 spiro atoms. The summed E-state index contributed by atoms with van der Waals surface area (Å²) in [6, 6.07) is 12.9. The van der Waals surface area contributed by atoms with Crippen molar-refractivity contribution in [3.05, 3.63) is 69.3 Å². The predicted molar refractivity (Wildman–Crippen MR) is 134 cm³/mol. The average molecular weight is 466 g/mol. The summed E-state index contributed by atoms with van der Waals surface area (Å²) in [5.41, 5.74) is 3.35. The van der Waals surface area contributed by atoms with E-state index in [-0.39, 0.29) is 11.6 Å². The van der Waals surface area contributed by atoms with E-state index in [4.69, 9.17) is 0 Å². The van der Waals surface area contributed by atoms with E-state index in [9.17, 15) is 14.9 Å². The van der Waals surface area contributed by atoms with Crippen molar-refractivity contribution in [1.29, 1.82) is 0 Å². The van der Waals surface area contributed by atoms with Gasteiger partial charge in [0.05, 0.1) is 16.2 Å². The van der Waals surface area contributed by atoms with Gasteiger partial charge in [-0.3, -0.25) is 19.8 Å². The topological polar surface area (TPSA) is 82.0 Å². The second kappa shape index (κ2) is 11.0. The maximum Gasteiger partial charge on any atom is 0.270 e. The smallest absolute Gasteiger partial charge is 0.270 e. The summed E-state index contributed by atoms with van der Waals surface area (Å²) in [7, 11) is 2.15. The van der Waals surface area contributed by atoms with Crippen LogP contribution in [-0.4, -0.2) is 66.9 Å². The Hall–Kier alpha value is -2.97. The number of nitrogens with one attached hydrogen (secondary N) is 1. The highest BCUT2D eigenvalue weighted by molar-refractivity contribution is 6.00. The molecule has 0 bridgehead atoms. The summed E-state index contributed by atoms with van der Waals surface area (Å²) in [5, 5.41) is 14.4. The zero-order valence-electron chi connectivity index (χ0n) is 20.2. The van der Waals surface area contributed by atoms with Gasteiger partial charge in [-0.2, -0.15) is 0 Å². The third-order valence-electron chi connectivity index (χ3n) is 7.01. The number of piperidine rings is 1. The third-order valence-corrected chi connectivity index (χ3v) is 7.01. The van der Waals surface area contributed by atoms with Gasteiger partial charge in [-0.05, 0) is 43.0 Å². The number of hydrogen-bond donors (Lipinski definition) is 1. The van der Waals surface area contributed by atoms with Gasteiger partial charge in [0.1, 0.15) is 0 Å². The Labute approximate surface area is 201 Å². The van der Waals surface area contributed by atoms with Gasteiger partial charge < -0.3 is 15.1 Å². The lowest BCUT2D eigenvalue weighted by Crippen LogP contribution is -2.43. The molecule has 2 saturated heterocycles. The highest BCUT2D eigenvalue weighted by atomic mass is 16.6. The standard InChI is InChI=1S/C26H35N5O3/c1-20-8-10-30(11-9-20)25-7-6-23(31(33)34)17-24(25)26(32)27-18-21-4-3-5-22(16-21)19-29-14-12-28(2)13-15-29/h3-7,16-17,20H,8-15,18-19H2,1-2H3,(H,27,32). The molecule has 0 radical (unpaired) electrons. The number of hydrogen-bond acceptors (Lipinski definition) is 6. The molecule has 1 amide bonds. The quantitative estimate of drug-likeness (QED) is 0.498. The van der Waals surface area contributed by atoms with Gasteiger partial charge in [0.15, 0.2) is 0 Å². The first kappa shape index (κ1) is 24.2. The summed E-state index contributed by atoms with van der Waals surface area (Å²) in [5.74, 6) is 0.381. The summed E-state index contributed by atoms with van der Waals surface area (Å²) in [6.45, 7) is 9.51. The number of carbonyl (C=O) groups is 1. The Balaban J connectivity index is 1.44. The van der Waals surface area contributed by atoms with Gasteiger partial charge in [-0.1, -0.05) is 31.2 Å². The Morgan fingerprint density at radius 1 is 1.03 bits per heavy atom. The number of anilines is 1. The Morgan fingerprint density at radius 3 is 2.44 bits per heavy atom. The number of piperazine rings is 1. The fraction of sp³-hybridized carbons (Fsp3) is 0.500. The number of nitro benzene ring substituents is 1. The monoisotopic (exact) mass is 465 g/mol. The fourth-order valence-corrected chi connectivity index (χ4v) is 4.72.